The third-order valence-corrected chi connectivity index (χ3v) is 6.14. The number of hydrogen-bond donors (Lipinski definition) is 1. The van der Waals surface area contributed by atoms with Gasteiger partial charge in [0.1, 0.15) is 0 Å². The van der Waals surface area contributed by atoms with Gasteiger partial charge in [-0.25, -0.2) is 8.42 Å². The van der Waals surface area contributed by atoms with Crippen LogP contribution in [0.3, 0.4) is 0 Å². The number of hydrogen-bond acceptors (Lipinski definition) is 3. The molecule has 0 spiro atoms. The lowest BCUT2D eigenvalue weighted by atomic mass is 10.0. The average Bonchev–Trinajstić information content (AvgIpc) is 2.60. The van der Waals surface area contributed by atoms with Crippen LogP contribution in [-0.4, -0.2) is 32.2 Å². The monoisotopic (exact) mass is 374 g/mol. The number of nitrogens with zero attached hydrogens (tertiary/aromatic N) is 1. The van der Waals surface area contributed by atoms with E-state index in [1.807, 2.05) is 45.0 Å². The normalized spacial score (nSPS) is 12.8. The molecule has 0 fully saturated rings. The number of rotatable bonds is 7. The fourth-order valence-corrected chi connectivity index (χ4v) is 3.76. The van der Waals surface area contributed by atoms with E-state index in [4.69, 9.17) is 0 Å². The van der Waals surface area contributed by atoms with Crippen LogP contribution < -0.4 is 5.32 Å². The fraction of sp³-hybridized carbons (Fsp3) is 0.350. The minimum absolute atomic E-state index is 0.140. The van der Waals surface area contributed by atoms with Gasteiger partial charge in [-0.05, 0) is 38.0 Å². The molecule has 0 aliphatic rings. The zero-order chi connectivity index (χ0) is 19.3. The Kier molecular flexibility index (Phi) is 6.56. The molecule has 0 saturated carbocycles. The Labute approximate surface area is 156 Å². The summed E-state index contributed by atoms with van der Waals surface area (Å²) in [6.07, 6.45) is 0.725. The Balaban J connectivity index is 2.05. The van der Waals surface area contributed by atoms with E-state index in [-0.39, 0.29) is 23.4 Å². The Morgan fingerprint density at radius 2 is 1.50 bits per heavy atom. The number of carbonyl (C=O) groups excluding carboxylic acids is 1. The standard InChI is InChI=1S/C20H26N2O3S/c1-5-19(17-10-6-15(2)7-11-17)21-20(23)14-22(4)26(24,25)18-12-8-16(3)9-13-18/h6-13,19H,5,14H2,1-4H3,(H,21,23). The summed E-state index contributed by atoms with van der Waals surface area (Å²) in [5.74, 6) is -0.324. The molecule has 0 heterocycles. The summed E-state index contributed by atoms with van der Waals surface area (Å²) in [4.78, 5) is 12.6. The molecule has 0 saturated heterocycles. The van der Waals surface area contributed by atoms with Crippen molar-refractivity contribution in [2.75, 3.05) is 13.6 Å². The highest BCUT2D eigenvalue weighted by atomic mass is 32.2. The van der Waals surface area contributed by atoms with Gasteiger partial charge in [0.25, 0.3) is 0 Å². The summed E-state index contributed by atoms with van der Waals surface area (Å²) in [5, 5.41) is 2.92. The molecule has 0 aliphatic heterocycles. The lowest BCUT2D eigenvalue weighted by molar-refractivity contribution is -0.121. The molecule has 0 aliphatic carbocycles. The maximum atomic E-state index is 12.6. The summed E-state index contributed by atoms with van der Waals surface area (Å²) in [7, 11) is -2.27. The number of likely N-dealkylation sites (N-methyl/N-ethyl adjacent to an activating group) is 1. The van der Waals surface area contributed by atoms with Crippen molar-refractivity contribution in [3.63, 3.8) is 0 Å². The first-order chi connectivity index (χ1) is 12.2. The van der Waals surface area contributed by atoms with Gasteiger partial charge in [0.15, 0.2) is 0 Å². The zero-order valence-corrected chi connectivity index (χ0v) is 16.5. The van der Waals surface area contributed by atoms with Gasteiger partial charge in [-0.3, -0.25) is 4.79 Å². The Morgan fingerprint density at radius 1 is 1.00 bits per heavy atom. The first-order valence-electron chi connectivity index (χ1n) is 8.63. The van der Waals surface area contributed by atoms with Crippen molar-refractivity contribution in [2.45, 2.75) is 38.1 Å². The summed E-state index contributed by atoms with van der Waals surface area (Å²) < 4.78 is 26.3. The highest BCUT2D eigenvalue weighted by Crippen LogP contribution is 2.18. The van der Waals surface area contributed by atoms with Gasteiger partial charge in [-0.2, -0.15) is 4.31 Å². The van der Waals surface area contributed by atoms with Crippen LogP contribution in [-0.2, 0) is 14.8 Å². The summed E-state index contributed by atoms with van der Waals surface area (Å²) in [6.45, 7) is 5.66. The third-order valence-electron chi connectivity index (χ3n) is 4.32. The highest BCUT2D eigenvalue weighted by molar-refractivity contribution is 7.89. The maximum absolute atomic E-state index is 12.6. The third kappa shape index (κ3) is 4.93. The minimum Gasteiger partial charge on any atom is -0.348 e. The van der Waals surface area contributed by atoms with Crippen molar-refractivity contribution in [1.82, 2.24) is 9.62 Å². The molecule has 1 atom stereocenters. The number of sulfonamides is 1. The van der Waals surface area contributed by atoms with E-state index in [1.165, 1.54) is 7.05 Å². The SMILES string of the molecule is CCC(NC(=O)CN(C)S(=O)(=O)c1ccc(C)cc1)c1ccc(C)cc1. The molecule has 26 heavy (non-hydrogen) atoms. The van der Waals surface area contributed by atoms with Crippen LogP contribution in [0.4, 0.5) is 0 Å². The lowest BCUT2D eigenvalue weighted by Crippen LogP contribution is -2.39. The molecular weight excluding hydrogens is 348 g/mol. The van der Waals surface area contributed by atoms with Crippen LogP contribution in [0.15, 0.2) is 53.4 Å². The maximum Gasteiger partial charge on any atom is 0.243 e. The molecule has 0 aromatic heterocycles. The molecule has 0 bridgehead atoms. The predicted octanol–water partition coefficient (Wildman–Crippen LogP) is 3.19. The van der Waals surface area contributed by atoms with Crippen molar-refractivity contribution in [3.8, 4) is 0 Å². The van der Waals surface area contributed by atoms with E-state index in [0.29, 0.717) is 0 Å². The molecule has 2 rings (SSSR count). The first kappa shape index (κ1) is 20.1. The van der Waals surface area contributed by atoms with Gasteiger partial charge >= 0.3 is 0 Å². The number of amides is 1. The van der Waals surface area contributed by atoms with E-state index in [9.17, 15) is 13.2 Å². The second-order valence-corrected chi connectivity index (χ2v) is 8.56. The summed E-state index contributed by atoms with van der Waals surface area (Å²) >= 11 is 0. The second-order valence-electron chi connectivity index (χ2n) is 6.51. The number of aryl methyl sites for hydroxylation is 2. The summed E-state index contributed by atoms with van der Waals surface area (Å²) in [5.41, 5.74) is 3.14. The van der Waals surface area contributed by atoms with E-state index in [2.05, 4.69) is 5.32 Å². The van der Waals surface area contributed by atoms with Crippen molar-refractivity contribution < 1.29 is 13.2 Å². The van der Waals surface area contributed by atoms with Crippen molar-refractivity contribution in [3.05, 3.63) is 65.2 Å². The quantitative estimate of drug-likeness (QED) is 0.809. The Bertz CT molecular complexity index is 844. The van der Waals surface area contributed by atoms with E-state index >= 15 is 0 Å². The molecule has 1 unspecified atom stereocenters. The molecule has 1 amide bonds. The first-order valence-corrected chi connectivity index (χ1v) is 10.1. The molecule has 6 heteroatoms. The van der Waals surface area contributed by atoms with Crippen LogP contribution in [0, 0.1) is 13.8 Å². The number of carbonyl (C=O) groups is 1. The van der Waals surface area contributed by atoms with E-state index < -0.39 is 10.0 Å². The highest BCUT2D eigenvalue weighted by Gasteiger charge is 2.23. The molecule has 1 N–H and O–H groups in total. The van der Waals surface area contributed by atoms with Crippen molar-refractivity contribution in [2.24, 2.45) is 0 Å². The Morgan fingerprint density at radius 3 is 2.00 bits per heavy atom. The number of nitrogens with one attached hydrogen (secondary N) is 1. The predicted molar refractivity (Wildman–Crippen MR) is 103 cm³/mol. The number of benzene rings is 2. The molecular formula is C20H26N2O3S. The molecule has 5 nitrogen and oxygen atoms in total. The van der Waals surface area contributed by atoms with Crippen LogP contribution in [0.1, 0.15) is 36.1 Å². The largest absolute Gasteiger partial charge is 0.348 e. The zero-order valence-electron chi connectivity index (χ0n) is 15.7. The second kappa shape index (κ2) is 8.47. The Hall–Kier alpha value is -2.18. The van der Waals surface area contributed by atoms with Gasteiger partial charge in [-0.15, -0.1) is 0 Å². The molecule has 2 aromatic rings. The topological polar surface area (TPSA) is 66.5 Å². The van der Waals surface area contributed by atoms with Crippen LogP contribution in [0.25, 0.3) is 0 Å². The molecule has 140 valence electrons. The molecule has 0 radical (unpaired) electrons. The van der Waals surface area contributed by atoms with Gasteiger partial charge in [0, 0.05) is 7.05 Å². The van der Waals surface area contributed by atoms with Gasteiger partial charge < -0.3 is 5.32 Å². The minimum atomic E-state index is -3.69. The van der Waals surface area contributed by atoms with E-state index in [1.54, 1.807) is 24.3 Å². The van der Waals surface area contributed by atoms with E-state index in [0.717, 1.165) is 27.4 Å². The molecule has 2 aromatic carbocycles. The van der Waals surface area contributed by atoms with Gasteiger partial charge in [-0.1, -0.05) is 54.4 Å². The van der Waals surface area contributed by atoms with Crippen molar-refractivity contribution in [1.29, 1.82) is 0 Å². The van der Waals surface area contributed by atoms with Crippen molar-refractivity contribution >= 4 is 15.9 Å². The van der Waals surface area contributed by atoms with Gasteiger partial charge in [0.2, 0.25) is 15.9 Å². The van der Waals surface area contributed by atoms with Crippen LogP contribution in [0.5, 0.6) is 0 Å². The summed E-state index contributed by atoms with van der Waals surface area (Å²) in [6, 6.07) is 14.4. The lowest BCUT2D eigenvalue weighted by Gasteiger charge is -2.21. The van der Waals surface area contributed by atoms with Gasteiger partial charge in [0.05, 0.1) is 17.5 Å². The van der Waals surface area contributed by atoms with Crippen LogP contribution in [0.2, 0.25) is 0 Å². The smallest absolute Gasteiger partial charge is 0.243 e. The fourth-order valence-electron chi connectivity index (χ4n) is 2.64. The van der Waals surface area contributed by atoms with Crippen LogP contribution >= 0.6 is 0 Å². The average molecular weight is 375 g/mol.